The van der Waals surface area contributed by atoms with Crippen LogP contribution < -0.4 is 0 Å². The summed E-state index contributed by atoms with van der Waals surface area (Å²) in [7, 11) is 0. The van der Waals surface area contributed by atoms with Crippen LogP contribution in [-0.2, 0) is 14.6 Å². The molecule has 3 N–H and O–H groups in total. The van der Waals surface area contributed by atoms with E-state index in [1.54, 1.807) is 0 Å². The number of carbonyl (C=O) groups is 1. The maximum Gasteiger partial charge on any atom is 0.306 e. The van der Waals surface area contributed by atoms with Gasteiger partial charge in [0.1, 0.15) is 11.2 Å². The number of aliphatic hydroxyl groups excluding tert-OH is 2. The van der Waals surface area contributed by atoms with Crippen LogP contribution in [0.5, 0.6) is 0 Å². The molecule has 0 aromatic carbocycles. The van der Waals surface area contributed by atoms with Gasteiger partial charge in [0.2, 0.25) is 0 Å². The number of rotatable bonds is 6. The number of carboxylic acids is 1. The van der Waals surface area contributed by atoms with E-state index in [-0.39, 0.29) is 5.41 Å². The second-order valence-corrected chi connectivity index (χ2v) is 14.2. The lowest BCUT2D eigenvalue weighted by Crippen LogP contribution is -2.76. The van der Waals surface area contributed by atoms with Gasteiger partial charge < -0.3 is 15.3 Å². The number of allylic oxidation sites excluding steroid dienone is 2. The summed E-state index contributed by atoms with van der Waals surface area (Å²) in [5, 5.41) is 33.0. The molecule has 0 radical (unpaired) electrons. The van der Waals surface area contributed by atoms with Gasteiger partial charge >= 0.3 is 5.97 Å². The Morgan fingerprint density at radius 3 is 2.38 bits per heavy atom. The lowest BCUT2D eigenvalue weighted by Gasteiger charge is -2.72. The van der Waals surface area contributed by atoms with Crippen molar-refractivity contribution >= 4 is 5.97 Å². The van der Waals surface area contributed by atoms with Crippen molar-refractivity contribution in [2.75, 3.05) is 0 Å². The van der Waals surface area contributed by atoms with Crippen LogP contribution in [0.2, 0.25) is 0 Å². The molecule has 2 spiro atoms. The molecule has 206 valence electrons. The zero-order valence-electron chi connectivity index (χ0n) is 23.6. The standard InChI is InChI=1S/C31H46O6/c1-18(2)19(3)9-10-20(25(34)35)24-21(32)17-29(8)28(24,7)13-11-22-27(6)14-12-23(33)26(4,5)31(27)16-15-30(22,29)36-37-31/h11,15-16,18,20-21,23-24,32-33H,3,9-10,12-14,17H2,1-2,4-8H3,(H,34,35). The summed E-state index contributed by atoms with van der Waals surface area (Å²) in [6.07, 6.45) is 8.87. The van der Waals surface area contributed by atoms with Crippen LogP contribution in [0.25, 0.3) is 0 Å². The second-order valence-electron chi connectivity index (χ2n) is 14.2. The summed E-state index contributed by atoms with van der Waals surface area (Å²) in [5.74, 6) is -1.67. The van der Waals surface area contributed by atoms with Gasteiger partial charge in [0.15, 0.2) is 0 Å². The van der Waals surface area contributed by atoms with Gasteiger partial charge in [0.05, 0.1) is 18.1 Å². The predicted molar refractivity (Wildman–Crippen MR) is 141 cm³/mol. The Bertz CT molecular complexity index is 1070. The van der Waals surface area contributed by atoms with Crippen LogP contribution in [0.15, 0.2) is 36.0 Å². The molecule has 2 bridgehead atoms. The number of carboxylic acid groups (broad SMARTS) is 1. The van der Waals surface area contributed by atoms with Crippen LogP contribution in [-0.4, -0.2) is 44.7 Å². The molecule has 9 atom stereocenters. The SMILES string of the molecule is C=C(CCC(C(=O)O)C1C(O)CC2(C)C34C=CC5(OO3)C(C)(CCC(O)C5(C)C)C4=CCC12C)C(C)C. The maximum atomic E-state index is 12.7. The van der Waals surface area contributed by atoms with E-state index < -0.39 is 57.5 Å². The fraction of sp³-hybridized carbons (Fsp3) is 0.774. The summed E-state index contributed by atoms with van der Waals surface area (Å²) < 4.78 is 0. The smallest absolute Gasteiger partial charge is 0.306 e. The minimum Gasteiger partial charge on any atom is -0.481 e. The lowest BCUT2D eigenvalue weighted by molar-refractivity contribution is -0.483. The Hall–Kier alpha value is -1.47. The molecular weight excluding hydrogens is 468 g/mol. The fourth-order valence-electron chi connectivity index (χ4n) is 9.40. The van der Waals surface area contributed by atoms with E-state index >= 15 is 0 Å². The van der Waals surface area contributed by atoms with Crippen molar-refractivity contribution in [3.05, 3.63) is 36.0 Å². The first-order valence-corrected chi connectivity index (χ1v) is 14.1. The Morgan fingerprint density at radius 1 is 1.14 bits per heavy atom. The van der Waals surface area contributed by atoms with Gasteiger partial charge in [-0.1, -0.05) is 66.7 Å². The molecule has 2 heterocycles. The molecule has 4 aliphatic carbocycles. The van der Waals surface area contributed by atoms with Gasteiger partial charge in [-0.15, -0.1) is 0 Å². The highest BCUT2D eigenvalue weighted by atomic mass is 17.2. The number of aliphatic carboxylic acids is 1. The molecule has 0 aromatic heterocycles. The number of hydrogen-bond acceptors (Lipinski definition) is 5. The van der Waals surface area contributed by atoms with Crippen molar-refractivity contribution < 1.29 is 29.9 Å². The van der Waals surface area contributed by atoms with Crippen molar-refractivity contribution in [2.24, 2.45) is 39.4 Å². The summed E-state index contributed by atoms with van der Waals surface area (Å²) in [6, 6.07) is 0. The minimum atomic E-state index is -0.894. The molecule has 6 heteroatoms. The van der Waals surface area contributed by atoms with E-state index in [9.17, 15) is 20.1 Å². The van der Waals surface area contributed by atoms with E-state index in [4.69, 9.17) is 9.78 Å². The Balaban J connectivity index is 1.60. The minimum absolute atomic E-state index is 0.294. The van der Waals surface area contributed by atoms with Gasteiger partial charge in [-0.2, -0.15) is 0 Å². The van der Waals surface area contributed by atoms with Gasteiger partial charge in [0, 0.05) is 22.2 Å². The van der Waals surface area contributed by atoms with E-state index in [0.717, 1.165) is 12.0 Å². The first kappa shape index (κ1) is 27.1. The van der Waals surface area contributed by atoms with Crippen molar-refractivity contribution in [1.82, 2.24) is 0 Å². The summed E-state index contributed by atoms with van der Waals surface area (Å²) >= 11 is 0. The van der Waals surface area contributed by atoms with Gasteiger partial charge in [-0.25, -0.2) is 9.78 Å². The normalized spacial score (nSPS) is 48.2. The van der Waals surface area contributed by atoms with Crippen molar-refractivity contribution in [3.63, 3.8) is 0 Å². The van der Waals surface area contributed by atoms with E-state index in [1.165, 1.54) is 5.57 Å². The van der Waals surface area contributed by atoms with Crippen LogP contribution in [0.3, 0.4) is 0 Å². The Morgan fingerprint density at radius 2 is 1.81 bits per heavy atom. The van der Waals surface area contributed by atoms with Crippen molar-refractivity contribution in [2.45, 2.75) is 110 Å². The molecule has 2 aliphatic heterocycles. The van der Waals surface area contributed by atoms with Crippen molar-refractivity contribution in [3.8, 4) is 0 Å². The first-order chi connectivity index (χ1) is 17.0. The number of hydrogen-bond donors (Lipinski definition) is 3. The van der Waals surface area contributed by atoms with Gasteiger partial charge in [0.25, 0.3) is 0 Å². The van der Waals surface area contributed by atoms with E-state index in [0.29, 0.717) is 38.0 Å². The number of aliphatic hydroxyl groups is 2. The second kappa shape index (κ2) is 8.03. The maximum absolute atomic E-state index is 12.7. The third kappa shape index (κ3) is 2.99. The molecule has 0 amide bonds. The predicted octanol–water partition coefficient (Wildman–Crippen LogP) is 5.60. The third-order valence-corrected chi connectivity index (χ3v) is 12.3. The summed E-state index contributed by atoms with van der Waals surface area (Å²) in [4.78, 5) is 25.6. The molecule has 0 aromatic rings. The summed E-state index contributed by atoms with van der Waals surface area (Å²) in [5.41, 5.74) is -1.52. The largest absolute Gasteiger partial charge is 0.481 e. The van der Waals surface area contributed by atoms with E-state index in [1.807, 2.05) is 13.8 Å². The molecule has 37 heavy (non-hydrogen) atoms. The highest BCUT2D eigenvalue weighted by Crippen LogP contribution is 2.77. The highest BCUT2D eigenvalue weighted by molar-refractivity contribution is 5.71. The topological polar surface area (TPSA) is 96.2 Å². The van der Waals surface area contributed by atoms with Gasteiger partial charge in [-0.05, 0) is 67.6 Å². The summed E-state index contributed by atoms with van der Waals surface area (Å²) in [6.45, 7) is 19.0. The first-order valence-electron chi connectivity index (χ1n) is 14.1. The molecule has 2 saturated carbocycles. The lowest BCUT2D eigenvalue weighted by atomic mass is 9.39. The molecule has 3 fully saturated rings. The average Bonchev–Trinajstić information content (AvgIpc) is 3.03. The fourth-order valence-corrected chi connectivity index (χ4v) is 9.40. The van der Waals surface area contributed by atoms with Crippen LogP contribution in [0.1, 0.15) is 87.0 Å². The zero-order chi connectivity index (χ0) is 27.4. The Kier molecular flexibility index (Phi) is 5.88. The van der Waals surface area contributed by atoms with Gasteiger partial charge in [-0.3, -0.25) is 4.79 Å². The van der Waals surface area contributed by atoms with Crippen LogP contribution in [0.4, 0.5) is 0 Å². The van der Waals surface area contributed by atoms with Crippen LogP contribution >= 0.6 is 0 Å². The molecule has 1 saturated heterocycles. The zero-order valence-corrected chi connectivity index (χ0v) is 23.6. The molecule has 6 aliphatic rings. The highest BCUT2D eigenvalue weighted by Gasteiger charge is 2.80. The molecule has 9 unspecified atom stereocenters. The molecule has 6 rings (SSSR count). The average molecular weight is 515 g/mol. The quantitative estimate of drug-likeness (QED) is 0.315. The Labute approximate surface area is 221 Å². The van der Waals surface area contributed by atoms with E-state index in [2.05, 4.69) is 59.4 Å². The third-order valence-electron chi connectivity index (χ3n) is 12.3. The monoisotopic (exact) mass is 514 g/mol. The van der Waals surface area contributed by atoms with Crippen molar-refractivity contribution in [1.29, 1.82) is 0 Å². The molecule has 6 nitrogen and oxygen atoms in total. The van der Waals surface area contributed by atoms with Crippen LogP contribution in [0, 0.1) is 39.4 Å². The number of fused-ring (bicyclic) bond motifs is 2. The molecular formula is C31H46O6.